The van der Waals surface area contributed by atoms with Gasteiger partial charge in [0.1, 0.15) is 5.82 Å². The molecule has 0 unspecified atom stereocenters. The molecule has 5 nitrogen and oxygen atoms in total. The number of aromatic nitrogens is 2. The van der Waals surface area contributed by atoms with Crippen molar-refractivity contribution >= 4 is 35.9 Å². The molecule has 1 fully saturated rings. The summed E-state index contributed by atoms with van der Waals surface area (Å²) in [5.74, 6) is 1.52. The fraction of sp³-hybridized carbons (Fsp3) is 0.600. The molecule has 1 aromatic rings. The Morgan fingerprint density at radius 2 is 2.18 bits per heavy atom. The molecule has 1 aliphatic heterocycles. The summed E-state index contributed by atoms with van der Waals surface area (Å²) in [6.07, 6.45) is 1.75. The van der Waals surface area contributed by atoms with Crippen LogP contribution in [0.2, 0.25) is 0 Å². The summed E-state index contributed by atoms with van der Waals surface area (Å²) in [6, 6.07) is 1.82. The first kappa shape index (κ1) is 14.3. The first-order chi connectivity index (χ1) is 7.81. The molecular formula is C10H17Cl2N5. The topological polar surface area (TPSA) is 44.3 Å². The van der Waals surface area contributed by atoms with Crippen LogP contribution in [-0.2, 0) is 0 Å². The average molecular weight is 278 g/mol. The van der Waals surface area contributed by atoms with Gasteiger partial charge in [0.25, 0.3) is 0 Å². The maximum absolute atomic E-state index is 6.01. The number of hydrogen-bond donors (Lipinski definition) is 1. The molecule has 7 heteroatoms. The summed E-state index contributed by atoms with van der Waals surface area (Å²) in [6.45, 7) is 6.55. The van der Waals surface area contributed by atoms with Crippen molar-refractivity contribution in [1.29, 1.82) is 0 Å². The normalized spacial score (nSPS) is 15.3. The summed E-state index contributed by atoms with van der Waals surface area (Å²) in [5, 5.41) is 3.30. The molecule has 2 heterocycles. The second-order valence-corrected chi connectivity index (χ2v) is 4.04. The van der Waals surface area contributed by atoms with Crippen molar-refractivity contribution in [3.63, 3.8) is 0 Å². The van der Waals surface area contributed by atoms with Gasteiger partial charge in [-0.3, -0.25) is 4.42 Å². The molecule has 2 rings (SSSR count). The second-order valence-electron chi connectivity index (χ2n) is 3.63. The molecule has 0 radical (unpaired) electrons. The molecule has 1 aliphatic rings. The molecule has 0 spiro atoms. The van der Waals surface area contributed by atoms with Crippen LogP contribution in [-0.4, -0.2) is 42.7 Å². The minimum Gasteiger partial charge on any atom is -0.338 e. The predicted molar refractivity (Wildman–Crippen MR) is 73.2 cm³/mol. The number of nitrogens with one attached hydrogen (secondary N) is 1. The lowest BCUT2D eigenvalue weighted by Gasteiger charge is -2.27. The monoisotopic (exact) mass is 277 g/mol. The Hall–Kier alpha value is -0.780. The SMILES string of the molecule is CCN(Cl)c1ccnc(N2CCNCC2)n1.Cl. The molecule has 0 saturated carbocycles. The number of halogens is 2. The Labute approximate surface area is 113 Å². The lowest BCUT2D eigenvalue weighted by molar-refractivity contribution is 0.580. The van der Waals surface area contributed by atoms with E-state index in [9.17, 15) is 0 Å². The van der Waals surface area contributed by atoms with E-state index in [1.807, 2.05) is 13.0 Å². The zero-order chi connectivity index (χ0) is 11.4. The molecule has 0 aliphatic carbocycles. The third kappa shape index (κ3) is 3.59. The molecule has 0 atom stereocenters. The minimum absolute atomic E-state index is 0. The molecule has 0 aromatic carbocycles. The number of hydrogen-bond acceptors (Lipinski definition) is 5. The van der Waals surface area contributed by atoms with Crippen molar-refractivity contribution in [3.05, 3.63) is 12.3 Å². The first-order valence-electron chi connectivity index (χ1n) is 5.53. The first-order valence-corrected chi connectivity index (χ1v) is 5.87. The Morgan fingerprint density at radius 3 is 2.82 bits per heavy atom. The summed E-state index contributed by atoms with van der Waals surface area (Å²) in [7, 11) is 0. The summed E-state index contributed by atoms with van der Waals surface area (Å²) >= 11 is 6.01. The van der Waals surface area contributed by atoms with E-state index in [-0.39, 0.29) is 12.4 Å². The van der Waals surface area contributed by atoms with Crippen LogP contribution in [0.1, 0.15) is 6.92 Å². The van der Waals surface area contributed by atoms with Crippen LogP contribution in [0.3, 0.4) is 0 Å². The summed E-state index contributed by atoms with van der Waals surface area (Å²) in [4.78, 5) is 10.9. The van der Waals surface area contributed by atoms with Gasteiger partial charge in [-0.25, -0.2) is 4.98 Å². The average Bonchev–Trinajstić information content (AvgIpc) is 2.39. The van der Waals surface area contributed by atoms with Crippen molar-refractivity contribution in [3.8, 4) is 0 Å². The van der Waals surface area contributed by atoms with E-state index in [4.69, 9.17) is 11.8 Å². The van der Waals surface area contributed by atoms with E-state index in [0.717, 1.165) is 44.5 Å². The van der Waals surface area contributed by atoms with Crippen molar-refractivity contribution in [1.82, 2.24) is 15.3 Å². The highest BCUT2D eigenvalue weighted by Gasteiger charge is 2.14. The maximum atomic E-state index is 6.01. The van der Waals surface area contributed by atoms with Gasteiger partial charge in [0.15, 0.2) is 0 Å². The molecule has 1 aromatic heterocycles. The molecule has 1 saturated heterocycles. The Kier molecular flexibility index (Phi) is 5.74. The molecule has 0 bridgehead atoms. The van der Waals surface area contributed by atoms with Crippen LogP contribution in [0.5, 0.6) is 0 Å². The standard InChI is InChI=1S/C10H16ClN5.ClH/c1-2-16(11)9-3-4-13-10(14-9)15-7-5-12-6-8-15;/h3-4,12H,2,5-8H2,1H3;1H. The molecule has 1 N–H and O–H groups in total. The van der Waals surface area contributed by atoms with E-state index in [2.05, 4.69) is 20.2 Å². The van der Waals surface area contributed by atoms with Gasteiger partial charge in [-0.1, -0.05) is 0 Å². The summed E-state index contributed by atoms with van der Waals surface area (Å²) < 4.78 is 1.59. The molecule has 96 valence electrons. The maximum Gasteiger partial charge on any atom is 0.227 e. The molecule has 0 amide bonds. The number of nitrogens with zero attached hydrogens (tertiary/aromatic N) is 4. The number of piperazine rings is 1. The fourth-order valence-corrected chi connectivity index (χ4v) is 1.75. The van der Waals surface area contributed by atoms with Crippen molar-refractivity contribution in [2.24, 2.45) is 0 Å². The van der Waals surface area contributed by atoms with Gasteiger partial charge in [0.05, 0.1) is 0 Å². The highest BCUT2D eigenvalue weighted by atomic mass is 35.5. The van der Waals surface area contributed by atoms with Crippen molar-refractivity contribution in [2.45, 2.75) is 6.92 Å². The van der Waals surface area contributed by atoms with E-state index in [1.165, 1.54) is 0 Å². The van der Waals surface area contributed by atoms with Gasteiger partial charge in [0.2, 0.25) is 5.95 Å². The number of rotatable bonds is 3. The van der Waals surface area contributed by atoms with E-state index in [0.29, 0.717) is 0 Å². The zero-order valence-corrected chi connectivity index (χ0v) is 11.3. The van der Waals surface area contributed by atoms with Gasteiger partial charge >= 0.3 is 0 Å². The smallest absolute Gasteiger partial charge is 0.227 e. The van der Waals surface area contributed by atoms with E-state index in [1.54, 1.807) is 10.6 Å². The van der Waals surface area contributed by atoms with Crippen LogP contribution in [0.25, 0.3) is 0 Å². The number of anilines is 2. The summed E-state index contributed by atoms with van der Waals surface area (Å²) in [5.41, 5.74) is 0. The van der Waals surface area contributed by atoms with Crippen LogP contribution < -0.4 is 14.6 Å². The second kappa shape index (κ2) is 6.83. The third-order valence-electron chi connectivity index (χ3n) is 2.55. The van der Waals surface area contributed by atoms with Crippen LogP contribution in [0.4, 0.5) is 11.8 Å². The molecular weight excluding hydrogens is 261 g/mol. The van der Waals surface area contributed by atoms with Gasteiger partial charge in [-0.2, -0.15) is 4.98 Å². The van der Waals surface area contributed by atoms with Crippen LogP contribution in [0.15, 0.2) is 12.3 Å². The highest BCUT2D eigenvalue weighted by Crippen LogP contribution is 2.16. The highest BCUT2D eigenvalue weighted by molar-refractivity contribution is 6.25. The van der Waals surface area contributed by atoms with Crippen molar-refractivity contribution < 1.29 is 0 Å². The predicted octanol–water partition coefficient (Wildman–Crippen LogP) is 1.29. The van der Waals surface area contributed by atoms with Crippen molar-refractivity contribution in [2.75, 3.05) is 42.0 Å². The quantitative estimate of drug-likeness (QED) is 0.844. The van der Waals surface area contributed by atoms with Gasteiger partial charge < -0.3 is 10.2 Å². The van der Waals surface area contributed by atoms with E-state index >= 15 is 0 Å². The fourth-order valence-electron chi connectivity index (χ4n) is 1.65. The minimum atomic E-state index is 0. The van der Waals surface area contributed by atoms with Gasteiger partial charge in [0, 0.05) is 56.8 Å². The van der Waals surface area contributed by atoms with Gasteiger partial charge in [-0.15, -0.1) is 12.4 Å². The Bertz CT molecular complexity index is 343. The lowest BCUT2D eigenvalue weighted by Crippen LogP contribution is -2.44. The largest absolute Gasteiger partial charge is 0.338 e. The Morgan fingerprint density at radius 1 is 1.47 bits per heavy atom. The van der Waals surface area contributed by atoms with Gasteiger partial charge in [-0.05, 0) is 6.92 Å². The zero-order valence-electron chi connectivity index (χ0n) is 9.77. The third-order valence-corrected chi connectivity index (χ3v) is 2.97. The molecule has 17 heavy (non-hydrogen) atoms. The Balaban J connectivity index is 0.00000144. The van der Waals surface area contributed by atoms with E-state index < -0.39 is 0 Å². The van der Waals surface area contributed by atoms with Crippen LogP contribution in [0, 0.1) is 0 Å². The van der Waals surface area contributed by atoms with Crippen LogP contribution >= 0.6 is 24.2 Å². The lowest BCUT2D eigenvalue weighted by atomic mass is 10.4.